The van der Waals surface area contributed by atoms with Gasteiger partial charge in [-0.2, -0.15) is 5.10 Å². The minimum Gasteiger partial charge on any atom is -0.463 e. The van der Waals surface area contributed by atoms with Gasteiger partial charge in [0, 0.05) is 18.5 Å². The third-order valence-electron chi connectivity index (χ3n) is 4.25. The molecule has 1 aromatic carbocycles. The predicted molar refractivity (Wildman–Crippen MR) is 101 cm³/mol. The lowest BCUT2D eigenvalue weighted by Crippen LogP contribution is -2.28. The molecule has 6 heteroatoms. The van der Waals surface area contributed by atoms with Gasteiger partial charge in [-0.1, -0.05) is 24.3 Å². The number of benzene rings is 1. The maximum absolute atomic E-state index is 13.0. The number of amides is 1. The van der Waals surface area contributed by atoms with Crippen LogP contribution >= 0.6 is 0 Å². The molecule has 0 saturated carbocycles. The Hall–Kier alpha value is -3.67. The van der Waals surface area contributed by atoms with Gasteiger partial charge in [0.2, 0.25) is 0 Å². The molecular formula is C21H18N4O2. The summed E-state index contributed by atoms with van der Waals surface area (Å²) in [4.78, 5) is 17.1. The van der Waals surface area contributed by atoms with E-state index in [1.54, 1.807) is 35.5 Å². The van der Waals surface area contributed by atoms with E-state index in [2.05, 4.69) is 15.4 Å². The van der Waals surface area contributed by atoms with Gasteiger partial charge in [-0.05, 0) is 42.8 Å². The van der Waals surface area contributed by atoms with Crippen LogP contribution < -0.4 is 5.32 Å². The molecule has 4 aromatic rings. The zero-order valence-corrected chi connectivity index (χ0v) is 14.7. The molecule has 6 nitrogen and oxygen atoms in total. The molecule has 0 aliphatic carbocycles. The van der Waals surface area contributed by atoms with Gasteiger partial charge in [0.05, 0.1) is 18.0 Å². The topological polar surface area (TPSA) is 73.0 Å². The number of aromatic nitrogens is 3. The summed E-state index contributed by atoms with van der Waals surface area (Å²) in [6.07, 6.45) is 5.03. The average Bonchev–Trinajstić information content (AvgIpc) is 3.39. The molecule has 0 aliphatic heterocycles. The minimum absolute atomic E-state index is 0.183. The van der Waals surface area contributed by atoms with E-state index in [0.717, 1.165) is 11.3 Å². The van der Waals surface area contributed by atoms with Crippen molar-refractivity contribution in [3.05, 3.63) is 90.6 Å². The SMILES string of the molecule is CC(NC(=O)c1cc(-c2ccco2)nn1-c1ccccc1)c1cccnc1. The van der Waals surface area contributed by atoms with Crippen LogP contribution in [0.5, 0.6) is 0 Å². The monoisotopic (exact) mass is 358 g/mol. The van der Waals surface area contributed by atoms with Crippen molar-refractivity contribution in [2.24, 2.45) is 0 Å². The molecular weight excluding hydrogens is 340 g/mol. The number of nitrogens with one attached hydrogen (secondary N) is 1. The fraction of sp³-hybridized carbons (Fsp3) is 0.0952. The molecule has 27 heavy (non-hydrogen) atoms. The fourth-order valence-corrected chi connectivity index (χ4v) is 2.84. The summed E-state index contributed by atoms with van der Waals surface area (Å²) < 4.78 is 7.07. The molecule has 0 fully saturated rings. The third-order valence-corrected chi connectivity index (χ3v) is 4.25. The second-order valence-corrected chi connectivity index (χ2v) is 6.12. The van der Waals surface area contributed by atoms with Gasteiger partial charge < -0.3 is 9.73 Å². The molecule has 0 aliphatic rings. The first-order valence-electron chi connectivity index (χ1n) is 8.62. The summed E-state index contributed by atoms with van der Waals surface area (Å²) >= 11 is 0. The first-order valence-corrected chi connectivity index (χ1v) is 8.62. The molecule has 1 unspecified atom stereocenters. The van der Waals surface area contributed by atoms with E-state index in [9.17, 15) is 4.79 Å². The lowest BCUT2D eigenvalue weighted by atomic mass is 10.1. The zero-order chi connectivity index (χ0) is 18.6. The van der Waals surface area contributed by atoms with Crippen LogP contribution in [-0.4, -0.2) is 20.7 Å². The van der Waals surface area contributed by atoms with Crippen LogP contribution in [0.1, 0.15) is 29.0 Å². The van der Waals surface area contributed by atoms with Gasteiger partial charge in [0.25, 0.3) is 5.91 Å². The Morgan fingerprint density at radius 2 is 1.96 bits per heavy atom. The molecule has 0 bridgehead atoms. The molecule has 134 valence electrons. The highest BCUT2D eigenvalue weighted by atomic mass is 16.3. The van der Waals surface area contributed by atoms with Gasteiger partial charge in [-0.25, -0.2) is 4.68 Å². The van der Waals surface area contributed by atoms with Crippen LogP contribution in [0.25, 0.3) is 17.1 Å². The maximum Gasteiger partial charge on any atom is 0.270 e. The Kier molecular flexibility index (Phi) is 4.53. The van der Waals surface area contributed by atoms with Gasteiger partial charge >= 0.3 is 0 Å². The van der Waals surface area contributed by atoms with E-state index in [1.165, 1.54) is 0 Å². The van der Waals surface area contributed by atoms with Gasteiger partial charge in [0.15, 0.2) is 5.76 Å². The standard InChI is InChI=1S/C21H18N4O2/c1-15(16-7-5-11-22-14-16)23-21(26)19-13-18(20-10-6-12-27-20)24-25(19)17-8-3-2-4-9-17/h2-15H,1H3,(H,23,26). The lowest BCUT2D eigenvalue weighted by Gasteiger charge is -2.14. The minimum atomic E-state index is -0.222. The molecule has 3 aromatic heterocycles. The summed E-state index contributed by atoms with van der Waals surface area (Å²) in [7, 11) is 0. The van der Waals surface area contributed by atoms with E-state index in [1.807, 2.05) is 55.5 Å². The van der Waals surface area contributed by atoms with Crippen molar-refractivity contribution in [2.75, 3.05) is 0 Å². The number of hydrogen-bond acceptors (Lipinski definition) is 4. The van der Waals surface area contributed by atoms with Crippen molar-refractivity contribution in [3.63, 3.8) is 0 Å². The van der Waals surface area contributed by atoms with Crippen molar-refractivity contribution in [1.29, 1.82) is 0 Å². The Bertz CT molecular complexity index is 1020. The van der Waals surface area contributed by atoms with Crippen LogP contribution in [-0.2, 0) is 0 Å². The molecule has 0 radical (unpaired) electrons. The Morgan fingerprint density at radius 3 is 2.67 bits per heavy atom. The van der Waals surface area contributed by atoms with E-state index < -0.39 is 0 Å². The number of carbonyl (C=O) groups excluding carboxylic acids is 1. The number of carbonyl (C=O) groups is 1. The van der Waals surface area contributed by atoms with Crippen LogP contribution in [0.4, 0.5) is 0 Å². The van der Waals surface area contributed by atoms with Crippen LogP contribution in [0.2, 0.25) is 0 Å². The first-order chi connectivity index (χ1) is 13.2. The summed E-state index contributed by atoms with van der Waals surface area (Å²) in [5.74, 6) is 0.388. The van der Waals surface area contributed by atoms with Gasteiger partial charge in [0.1, 0.15) is 11.4 Å². The van der Waals surface area contributed by atoms with Crippen LogP contribution in [0.3, 0.4) is 0 Å². The van der Waals surface area contributed by atoms with Crippen molar-refractivity contribution in [2.45, 2.75) is 13.0 Å². The smallest absolute Gasteiger partial charge is 0.270 e. The van der Waals surface area contributed by atoms with Crippen molar-refractivity contribution in [1.82, 2.24) is 20.1 Å². The highest BCUT2D eigenvalue weighted by Crippen LogP contribution is 2.23. The molecule has 3 heterocycles. The summed E-state index contributed by atoms with van der Waals surface area (Å²) in [6.45, 7) is 1.92. The Morgan fingerprint density at radius 1 is 1.11 bits per heavy atom. The average molecular weight is 358 g/mol. The molecule has 1 N–H and O–H groups in total. The zero-order valence-electron chi connectivity index (χ0n) is 14.7. The second kappa shape index (κ2) is 7.29. The number of furan rings is 1. The number of rotatable bonds is 5. The molecule has 0 saturated heterocycles. The van der Waals surface area contributed by atoms with Crippen LogP contribution in [0.15, 0.2) is 83.7 Å². The highest BCUT2D eigenvalue weighted by Gasteiger charge is 2.20. The summed E-state index contributed by atoms with van der Waals surface area (Å²) in [6, 6.07) is 18.5. The molecule has 1 amide bonds. The van der Waals surface area contributed by atoms with Crippen LogP contribution in [0, 0.1) is 0 Å². The molecule has 0 spiro atoms. The third kappa shape index (κ3) is 3.50. The Balaban J connectivity index is 1.69. The first kappa shape index (κ1) is 16.8. The van der Waals surface area contributed by atoms with Crippen molar-refractivity contribution >= 4 is 5.91 Å². The Labute approximate surface area is 156 Å². The molecule has 4 rings (SSSR count). The van der Waals surface area contributed by atoms with Crippen molar-refractivity contribution < 1.29 is 9.21 Å². The van der Waals surface area contributed by atoms with Gasteiger partial charge in [-0.3, -0.25) is 9.78 Å². The normalized spacial score (nSPS) is 11.9. The number of nitrogens with zero attached hydrogens (tertiary/aromatic N) is 3. The quantitative estimate of drug-likeness (QED) is 0.585. The van der Waals surface area contributed by atoms with E-state index >= 15 is 0 Å². The summed E-state index contributed by atoms with van der Waals surface area (Å²) in [5, 5.41) is 7.58. The van der Waals surface area contributed by atoms with Gasteiger partial charge in [-0.15, -0.1) is 0 Å². The fourth-order valence-electron chi connectivity index (χ4n) is 2.84. The summed E-state index contributed by atoms with van der Waals surface area (Å²) in [5.41, 5.74) is 2.77. The molecule has 1 atom stereocenters. The number of hydrogen-bond donors (Lipinski definition) is 1. The lowest BCUT2D eigenvalue weighted by molar-refractivity contribution is 0.0932. The maximum atomic E-state index is 13.0. The van der Waals surface area contributed by atoms with E-state index in [-0.39, 0.29) is 11.9 Å². The number of para-hydroxylation sites is 1. The highest BCUT2D eigenvalue weighted by molar-refractivity contribution is 5.94. The largest absolute Gasteiger partial charge is 0.463 e. The second-order valence-electron chi connectivity index (χ2n) is 6.12. The number of pyridine rings is 1. The predicted octanol–water partition coefficient (Wildman–Crippen LogP) is 4.02. The van der Waals surface area contributed by atoms with E-state index in [4.69, 9.17) is 4.42 Å². The van der Waals surface area contributed by atoms with Crippen molar-refractivity contribution in [3.8, 4) is 17.1 Å². The van der Waals surface area contributed by atoms with E-state index in [0.29, 0.717) is 17.1 Å².